The highest BCUT2D eigenvalue weighted by Crippen LogP contribution is 2.65. The number of hydrogen-bond donors (Lipinski definition) is 1. The van der Waals surface area contributed by atoms with Crippen LogP contribution in [0.4, 0.5) is 5.82 Å². The first kappa shape index (κ1) is 39.2. The Kier molecular flexibility index (Phi) is 9.16. The molecule has 2 aromatic heterocycles. The lowest BCUT2D eigenvalue weighted by Crippen LogP contribution is -2.49. The largest absolute Gasteiger partial charge is 0.507 e. The number of thiophene rings is 1. The minimum atomic E-state index is -1.32. The summed E-state index contributed by atoms with van der Waals surface area (Å²) < 4.78 is 2.65. The number of aromatic nitrogens is 2. The third-order valence-corrected chi connectivity index (χ3v) is 16.5. The molecule has 5 heterocycles. The summed E-state index contributed by atoms with van der Waals surface area (Å²) in [4.78, 5) is 66.0. The van der Waals surface area contributed by atoms with Gasteiger partial charge >= 0.3 is 0 Å². The number of fused-ring (bicyclic) bond motifs is 6. The maximum absolute atomic E-state index is 15.4. The number of nitrogens with zero attached hydrogens (tertiary/aromatic N) is 5. The van der Waals surface area contributed by atoms with E-state index in [2.05, 4.69) is 23.1 Å². The molecule has 62 heavy (non-hydrogen) atoms. The number of anilines is 1. The molecule has 0 radical (unpaired) electrons. The number of halogens is 1. The van der Waals surface area contributed by atoms with Crippen molar-refractivity contribution in [1.82, 2.24) is 19.6 Å². The van der Waals surface area contributed by atoms with Gasteiger partial charge in [0, 0.05) is 65.4 Å². The monoisotopic (exact) mass is 863 g/mol. The van der Waals surface area contributed by atoms with E-state index in [1.54, 1.807) is 28.0 Å². The van der Waals surface area contributed by atoms with Crippen LogP contribution in [0.25, 0.3) is 31.4 Å². The van der Waals surface area contributed by atoms with Gasteiger partial charge in [-0.15, -0.1) is 11.3 Å². The van der Waals surface area contributed by atoms with E-state index in [4.69, 9.17) is 16.7 Å². The molecule has 4 amide bonds. The molecular formula is C50H46ClN5O5S. The van der Waals surface area contributed by atoms with Crippen molar-refractivity contribution in [2.45, 2.75) is 58.0 Å². The SMILES string of the molecule is Cc1c(-c2cc(N3C(=O)[C@@H]4C[C@@H]5C(=CC[C@@H]6C(=O)N(C7CCN(Cc8ccccc8)CC7)C(=O)[C@@H]65)[C@H](c5ccc6ccccc6c5O)[C@]4(C)C3=O)n(C)n2)sc2ccc(Cl)cc12. The molecule has 314 valence electrons. The fraction of sp³-hybridized carbons (Fsp3) is 0.340. The molecule has 1 N–H and O–H groups in total. The van der Waals surface area contributed by atoms with Gasteiger partial charge in [-0.05, 0) is 85.5 Å². The van der Waals surface area contributed by atoms with Crippen molar-refractivity contribution in [2.24, 2.45) is 36.1 Å². The van der Waals surface area contributed by atoms with Gasteiger partial charge in [0.15, 0.2) is 0 Å². The second kappa shape index (κ2) is 14.5. The quantitative estimate of drug-likeness (QED) is 0.131. The van der Waals surface area contributed by atoms with E-state index in [1.807, 2.05) is 92.7 Å². The van der Waals surface area contributed by atoms with E-state index in [9.17, 15) is 14.7 Å². The molecule has 4 aromatic carbocycles. The van der Waals surface area contributed by atoms with Crippen molar-refractivity contribution in [3.63, 3.8) is 0 Å². The smallest absolute Gasteiger partial charge is 0.242 e. The number of phenols is 1. The third kappa shape index (κ3) is 5.73. The normalized spacial score (nSPS) is 26.7. The van der Waals surface area contributed by atoms with Crippen LogP contribution in [0.5, 0.6) is 5.75 Å². The standard InChI is InChI=1S/C50H46ClN5O5S/c1-27-36-23-30(51)14-18-40(36)62-45(27)39-25-41(53(3)52-39)56-47(59)38-24-37-33(43(50(38,2)49(56)61)35-15-13-29-11-7-8-12-32(29)44(35)57)16-17-34-42(37)48(60)55(46(34)58)31-19-21-54(22-20-31)26-28-9-5-4-6-10-28/h4-16,18,23,25,31,34,37-38,42-43,57H,17,19-22,24,26H2,1-3H3/t34-,37+,38-,42-,43+,50+/m0/s1. The number of imide groups is 2. The number of piperidine rings is 1. The van der Waals surface area contributed by atoms with E-state index in [1.165, 1.54) is 10.5 Å². The Labute approximate surface area is 368 Å². The summed E-state index contributed by atoms with van der Waals surface area (Å²) in [6, 6.07) is 29.1. The van der Waals surface area contributed by atoms with Crippen molar-refractivity contribution in [1.29, 1.82) is 0 Å². The number of carbonyl (C=O) groups is 4. The molecule has 2 aliphatic carbocycles. The molecule has 3 saturated heterocycles. The average Bonchev–Trinajstić information content (AvgIpc) is 3.95. The van der Waals surface area contributed by atoms with Crippen molar-refractivity contribution in [3.8, 4) is 16.3 Å². The summed E-state index contributed by atoms with van der Waals surface area (Å²) in [6.07, 6.45) is 4.05. The zero-order chi connectivity index (χ0) is 42.8. The van der Waals surface area contributed by atoms with Crippen LogP contribution < -0.4 is 4.90 Å². The molecule has 0 spiro atoms. The van der Waals surface area contributed by atoms with Gasteiger partial charge < -0.3 is 5.11 Å². The zero-order valence-electron chi connectivity index (χ0n) is 34.8. The lowest BCUT2D eigenvalue weighted by atomic mass is 9.51. The fourth-order valence-corrected chi connectivity index (χ4v) is 13.2. The van der Waals surface area contributed by atoms with Crippen LogP contribution in [-0.4, -0.2) is 67.4 Å². The molecule has 12 heteroatoms. The van der Waals surface area contributed by atoms with E-state index in [-0.39, 0.29) is 41.8 Å². The number of aryl methyl sites for hydroxylation is 2. The highest BCUT2D eigenvalue weighted by Gasteiger charge is 2.68. The first-order chi connectivity index (χ1) is 29.9. The Hall–Kier alpha value is -5.62. The minimum Gasteiger partial charge on any atom is -0.507 e. The molecule has 10 nitrogen and oxygen atoms in total. The molecule has 0 bridgehead atoms. The Morgan fingerprint density at radius 2 is 1.63 bits per heavy atom. The molecule has 6 atom stereocenters. The highest BCUT2D eigenvalue weighted by molar-refractivity contribution is 7.22. The number of hydrogen-bond acceptors (Lipinski definition) is 8. The Bertz CT molecular complexity index is 2910. The summed E-state index contributed by atoms with van der Waals surface area (Å²) in [7, 11) is 1.74. The number of aromatic hydroxyl groups is 1. The van der Waals surface area contributed by atoms with Gasteiger partial charge in [0.1, 0.15) is 17.3 Å². The molecule has 3 aliphatic heterocycles. The number of rotatable bonds is 6. The average molecular weight is 864 g/mol. The summed E-state index contributed by atoms with van der Waals surface area (Å²) in [5, 5.41) is 20.2. The molecule has 1 saturated carbocycles. The van der Waals surface area contributed by atoms with Crippen LogP contribution in [0, 0.1) is 36.0 Å². The van der Waals surface area contributed by atoms with Gasteiger partial charge in [0.2, 0.25) is 23.6 Å². The fourth-order valence-electron chi connectivity index (χ4n) is 11.9. The van der Waals surface area contributed by atoms with Crippen LogP contribution in [0.15, 0.2) is 103 Å². The zero-order valence-corrected chi connectivity index (χ0v) is 36.3. The number of allylic oxidation sites excluding steroid dienone is 2. The first-order valence-electron chi connectivity index (χ1n) is 21.6. The van der Waals surface area contributed by atoms with Gasteiger partial charge in [-0.25, -0.2) is 4.90 Å². The van der Waals surface area contributed by atoms with Crippen LogP contribution in [0.2, 0.25) is 5.02 Å². The van der Waals surface area contributed by atoms with Crippen LogP contribution in [0.1, 0.15) is 55.2 Å². The molecule has 5 aliphatic rings. The van der Waals surface area contributed by atoms with Gasteiger partial charge in [0.05, 0.1) is 28.0 Å². The van der Waals surface area contributed by atoms with Crippen LogP contribution in [-0.2, 0) is 32.8 Å². The van der Waals surface area contributed by atoms with Gasteiger partial charge in [0.25, 0.3) is 0 Å². The van der Waals surface area contributed by atoms with Crippen molar-refractivity contribution < 1.29 is 24.3 Å². The first-order valence-corrected chi connectivity index (χ1v) is 22.8. The summed E-state index contributed by atoms with van der Waals surface area (Å²) in [6.45, 7) is 6.26. The van der Waals surface area contributed by atoms with Gasteiger partial charge in [-0.3, -0.25) is 33.7 Å². The van der Waals surface area contributed by atoms with E-state index < -0.39 is 35.0 Å². The second-order valence-electron chi connectivity index (χ2n) is 18.1. The number of benzene rings is 4. The molecular weight excluding hydrogens is 818 g/mol. The lowest BCUT2D eigenvalue weighted by molar-refractivity contribution is -0.144. The Morgan fingerprint density at radius 3 is 2.42 bits per heavy atom. The van der Waals surface area contributed by atoms with E-state index >= 15 is 9.59 Å². The summed E-state index contributed by atoms with van der Waals surface area (Å²) >= 11 is 7.95. The number of amides is 4. The molecule has 0 unspecified atom stereocenters. The number of carbonyl (C=O) groups excluding carboxylic acids is 4. The van der Waals surface area contributed by atoms with Crippen molar-refractivity contribution >= 4 is 73.2 Å². The van der Waals surface area contributed by atoms with Gasteiger partial charge in [-0.2, -0.15) is 5.10 Å². The Balaban J connectivity index is 0.965. The molecule has 4 fully saturated rings. The maximum atomic E-state index is 15.4. The maximum Gasteiger partial charge on any atom is 0.242 e. The predicted molar refractivity (Wildman–Crippen MR) is 241 cm³/mol. The highest BCUT2D eigenvalue weighted by atomic mass is 35.5. The molecule has 6 aromatic rings. The summed E-state index contributed by atoms with van der Waals surface area (Å²) in [5.41, 5.74) is 2.96. The topological polar surface area (TPSA) is 116 Å². The van der Waals surface area contributed by atoms with Crippen molar-refractivity contribution in [2.75, 3.05) is 18.0 Å². The minimum absolute atomic E-state index is 0.0521. The van der Waals surface area contributed by atoms with Gasteiger partial charge in [-0.1, -0.05) is 90.0 Å². The lowest BCUT2D eigenvalue weighted by Gasteiger charge is -2.49. The summed E-state index contributed by atoms with van der Waals surface area (Å²) in [5.74, 6) is -3.90. The van der Waals surface area contributed by atoms with Crippen LogP contribution in [0.3, 0.4) is 0 Å². The number of likely N-dealkylation sites (tertiary alicyclic amines) is 2. The Morgan fingerprint density at radius 1 is 0.871 bits per heavy atom. The van der Waals surface area contributed by atoms with E-state index in [0.29, 0.717) is 46.7 Å². The number of phenolic OH excluding ortho intramolecular Hbond substituents is 1. The van der Waals surface area contributed by atoms with E-state index in [0.717, 1.165) is 51.1 Å². The van der Waals surface area contributed by atoms with Crippen LogP contribution >= 0.6 is 22.9 Å². The molecule has 11 rings (SSSR count). The van der Waals surface area contributed by atoms with Crippen molar-refractivity contribution in [3.05, 3.63) is 124 Å². The predicted octanol–water partition coefficient (Wildman–Crippen LogP) is 9.02. The third-order valence-electron chi connectivity index (χ3n) is 14.9. The second-order valence-corrected chi connectivity index (χ2v) is 19.6.